The number of piperidine rings is 1. The van der Waals surface area contributed by atoms with E-state index in [0.29, 0.717) is 28.1 Å². The van der Waals surface area contributed by atoms with Gasteiger partial charge in [-0.3, -0.25) is 5.10 Å². The van der Waals surface area contributed by atoms with Crippen LogP contribution >= 0.6 is 23.2 Å². The number of nitrogens with zero attached hydrogens (tertiary/aromatic N) is 4. The van der Waals surface area contributed by atoms with Crippen molar-refractivity contribution in [2.45, 2.75) is 25.3 Å². The predicted octanol–water partition coefficient (Wildman–Crippen LogP) is 3.35. The standard InChI is InChI=1S/C17H18Cl2N6O/c1-17(20)3-6-25(7-4-17)11-8-10(26)12-14(23-24-16(12)22-11)9-2-5-21-15(19)13(9)18/h2,5,8H,3-4,6-7,20H2,1H3,(H2,22,23,24,26). The largest absolute Gasteiger partial charge is 0.507 e. The molecule has 3 aromatic rings. The van der Waals surface area contributed by atoms with Crippen LogP contribution in [-0.2, 0) is 0 Å². The van der Waals surface area contributed by atoms with Gasteiger partial charge in [0.2, 0.25) is 0 Å². The summed E-state index contributed by atoms with van der Waals surface area (Å²) in [6, 6.07) is 3.35. The normalized spacial score (nSPS) is 17.0. The maximum atomic E-state index is 10.6. The number of rotatable bonds is 2. The third-order valence-electron chi connectivity index (χ3n) is 4.83. The lowest BCUT2D eigenvalue weighted by molar-refractivity contribution is 0.363. The van der Waals surface area contributed by atoms with Crippen molar-refractivity contribution in [1.29, 1.82) is 0 Å². The molecule has 4 heterocycles. The van der Waals surface area contributed by atoms with E-state index in [9.17, 15) is 5.11 Å². The lowest BCUT2D eigenvalue weighted by atomic mass is 9.91. The summed E-state index contributed by atoms with van der Waals surface area (Å²) in [6.45, 7) is 3.64. The van der Waals surface area contributed by atoms with E-state index in [0.717, 1.165) is 25.9 Å². The number of aromatic hydroxyl groups is 1. The SMILES string of the molecule is CC1(N)CCN(c2cc(O)c3c(-c4ccnc(Cl)c4Cl)n[nH]c3n2)CC1. The fourth-order valence-corrected chi connectivity index (χ4v) is 3.56. The van der Waals surface area contributed by atoms with Gasteiger partial charge >= 0.3 is 0 Å². The highest BCUT2D eigenvalue weighted by atomic mass is 35.5. The zero-order valence-corrected chi connectivity index (χ0v) is 15.6. The number of pyridine rings is 2. The molecule has 1 aliphatic rings. The number of H-pyrrole nitrogens is 1. The molecule has 4 rings (SSSR count). The molecule has 0 atom stereocenters. The van der Waals surface area contributed by atoms with Crippen LogP contribution in [0.4, 0.5) is 5.82 Å². The molecule has 0 amide bonds. The van der Waals surface area contributed by atoms with Crippen LogP contribution in [0.3, 0.4) is 0 Å². The summed E-state index contributed by atoms with van der Waals surface area (Å²) < 4.78 is 0. The number of fused-ring (bicyclic) bond motifs is 1. The molecule has 0 radical (unpaired) electrons. The van der Waals surface area contributed by atoms with Crippen LogP contribution in [0.5, 0.6) is 5.75 Å². The van der Waals surface area contributed by atoms with Crippen LogP contribution in [-0.4, -0.2) is 43.9 Å². The van der Waals surface area contributed by atoms with E-state index in [1.807, 2.05) is 0 Å². The molecule has 0 unspecified atom stereocenters. The third-order valence-corrected chi connectivity index (χ3v) is 5.59. The molecular formula is C17H18Cl2N6O. The minimum absolute atomic E-state index is 0.0823. The molecule has 0 saturated carbocycles. The van der Waals surface area contributed by atoms with Crippen molar-refractivity contribution < 1.29 is 5.11 Å². The van der Waals surface area contributed by atoms with Gasteiger partial charge in [0, 0.05) is 36.5 Å². The van der Waals surface area contributed by atoms with E-state index in [2.05, 4.69) is 32.0 Å². The molecule has 136 valence electrons. The first kappa shape index (κ1) is 17.3. The quantitative estimate of drug-likeness (QED) is 0.577. The van der Waals surface area contributed by atoms with Crippen molar-refractivity contribution in [3.8, 4) is 17.0 Å². The number of anilines is 1. The number of hydrogen-bond donors (Lipinski definition) is 3. The number of nitrogens with two attached hydrogens (primary N) is 1. The molecule has 1 aliphatic heterocycles. The maximum absolute atomic E-state index is 10.6. The minimum atomic E-state index is -0.152. The first-order valence-corrected chi connectivity index (χ1v) is 9.03. The summed E-state index contributed by atoms with van der Waals surface area (Å²) >= 11 is 12.2. The molecular weight excluding hydrogens is 375 g/mol. The topological polar surface area (TPSA) is 104 Å². The zero-order valence-electron chi connectivity index (χ0n) is 14.1. The molecule has 4 N–H and O–H groups in total. The first-order valence-electron chi connectivity index (χ1n) is 8.28. The van der Waals surface area contributed by atoms with Gasteiger partial charge in [-0.1, -0.05) is 23.2 Å². The van der Waals surface area contributed by atoms with Gasteiger partial charge in [0.15, 0.2) is 5.65 Å². The van der Waals surface area contributed by atoms with E-state index in [-0.39, 0.29) is 21.5 Å². The molecule has 1 saturated heterocycles. The van der Waals surface area contributed by atoms with Crippen molar-refractivity contribution in [2.24, 2.45) is 5.73 Å². The highest BCUT2D eigenvalue weighted by molar-refractivity contribution is 6.43. The van der Waals surface area contributed by atoms with Crippen LogP contribution in [0, 0.1) is 0 Å². The van der Waals surface area contributed by atoms with Gasteiger partial charge < -0.3 is 15.7 Å². The lowest BCUT2D eigenvalue weighted by Crippen LogP contribution is -2.48. The van der Waals surface area contributed by atoms with E-state index in [1.54, 1.807) is 18.3 Å². The Kier molecular flexibility index (Phi) is 4.17. The van der Waals surface area contributed by atoms with Gasteiger partial charge in [-0.15, -0.1) is 0 Å². The highest BCUT2D eigenvalue weighted by Gasteiger charge is 2.27. The van der Waals surface area contributed by atoms with Gasteiger partial charge in [0.25, 0.3) is 0 Å². The maximum Gasteiger partial charge on any atom is 0.161 e. The Hall–Kier alpha value is -2.09. The Morgan fingerprint density at radius 1 is 1.31 bits per heavy atom. The summed E-state index contributed by atoms with van der Waals surface area (Å²) in [5.41, 5.74) is 7.59. The number of hydrogen-bond acceptors (Lipinski definition) is 6. The van der Waals surface area contributed by atoms with E-state index in [4.69, 9.17) is 28.9 Å². The van der Waals surface area contributed by atoms with Gasteiger partial charge in [0.1, 0.15) is 22.4 Å². The smallest absolute Gasteiger partial charge is 0.161 e. The van der Waals surface area contributed by atoms with Gasteiger partial charge in [-0.25, -0.2) is 9.97 Å². The molecule has 0 bridgehead atoms. The van der Waals surface area contributed by atoms with Crippen molar-refractivity contribution in [3.05, 3.63) is 28.5 Å². The Balaban J connectivity index is 1.76. The summed E-state index contributed by atoms with van der Waals surface area (Å²) in [6.07, 6.45) is 3.28. The van der Waals surface area contributed by atoms with Crippen molar-refractivity contribution in [3.63, 3.8) is 0 Å². The summed E-state index contributed by atoms with van der Waals surface area (Å²) in [5.74, 6) is 0.776. The molecule has 0 aromatic carbocycles. The highest BCUT2D eigenvalue weighted by Crippen LogP contribution is 2.39. The van der Waals surface area contributed by atoms with Gasteiger partial charge in [-0.05, 0) is 25.8 Å². The van der Waals surface area contributed by atoms with Crippen LogP contribution in [0.1, 0.15) is 19.8 Å². The van der Waals surface area contributed by atoms with Crippen molar-refractivity contribution in [2.75, 3.05) is 18.0 Å². The molecule has 1 fully saturated rings. The predicted molar refractivity (Wildman–Crippen MR) is 103 cm³/mol. The summed E-state index contributed by atoms with van der Waals surface area (Å²) in [7, 11) is 0. The molecule has 7 nitrogen and oxygen atoms in total. The van der Waals surface area contributed by atoms with Crippen LogP contribution in [0.2, 0.25) is 10.2 Å². The molecule has 3 aromatic heterocycles. The van der Waals surface area contributed by atoms with Gasteiger partial charge in [-0.2, -0.15) is 5.10 Å². The summed E-state index contributed by atoms with van der Waals surface area (Å²) in [4.78, 5) is 10.7. The van der Waals surface area contributed by atoms with E-state index >= 15 is 0 Å². The first-order chi connectivity index (χ1) is 12.4. The third kappa shape index (κ3) is 2.96. The van der Waals surface area contributed by atoms with Crippen molar-refractivity contribution >= 4 is 40.1 Å². The molecule has 9 heteroatoms. The van der Waals surface area contributed by atoms with E-state index < -0.39 is 0 Å². The number of aromatic nitrogens is 4. The van der Waals surface area contributed by atoms with E-state index in [1.165, 1.54) is 0 Å². The molecule has 0 spiro atoms. The average molecular weight is 393 g/mol. The van der Waals surface area contributed by atoms with Crippen LogP contribution in [0.25, 0.3) is 22.3 Å². The Morgan fingerprint density at radius 2 is 2.04 bits per heavy atom. The number of nitrogens with one attached hydrogen (secondary N) is 1. The second-order valence-electron chi connectivity index (χ2n) is 6.90. The molecule has 26 heavy (non-hydrogen) atoms. The number of aromatic amines is 1. The minimum Gasteiger partial charge on any atom is -0.507 e. The average Bonchev–Trinajstić information content (AvgIpc) is 3.01. The van der Waals surface area contributed by atoms with Crippen LogP contribution < -0.4 is 10.6 Å². The van der Waals surface area contributed by atoms with Crippen molar-refractivity contribution in [1.82, 2.24) is 20.2 Å². The lowest BCUT2D eigenvalue weighted by Gasteiger charge is -2.37. The Labute approximate surface area is 160 Å². The second-order valence-corrected chi connectivity index (χ2v) is 7.64. The fourth-order valence-electron chi connectivity index (χ4n) is 3.20. The zero-order chi connectivity index (χ0) is 18.5. The second kappa shape index (κ2) is 6.26. The Bertz CT molecular complexity index is 977. The fraction of sp³-hybridized carbons (Fsp3) is 0.353. The Morgan fingerprint density at radius 3 is 2.77 bits per heavy atom. The number of halogens is 2. The van der Waals surface area contributed by atoms with Gasteiger partial charge in [0.05, 0.1) is 10.4 Å². The monoisotopic (exact) mass is 392 g/mol. The summed E-state index contributed by atoms with van der Waals surface area (Å²) in [5, 5.41) is 18.8. The molecule has 0 aliphatic carbocycles. The van der Waals surface area contributed by atoms with Crippen LogP contribution in [0.15, 0.2) is 18.3 Å².